The third-order valence-corrected chi connectivity index (χ3v) is 4.60. The smallest absolute Gasteiger partial charge is 0.0885 e. The molecular formula is C18H26N4. The van der Waals surface area contributed by atoms with Crippen LogP contribution in [0.3, 0.4) is 0 Å². The molecule has 2 aromatic heterocycles. The Morgan fingerprint density at radius 2 is 2.00 bits per heavy atom. The van der Waals surface area contributed by atoms with E-state index in [0.717, 1.165) is 30.3 Å². The van der Waals surface area contributed by atoms with E-state index in [1.807, 2.05) is 12.4 Å². The fraction of sp³-hybridized carbons (Fsp3) is 0.556. The van der Waals surface area contributed by atoms with Crippen LogP contribution in [0.5, 0.6) is 0 Å². The van der Waals surface area contributed by atoms with E-state index >= 15 is 0 Å². The van der Waals surface area contributed by atoms with Crippen molar-refractivity contribution in [2.45, 2.75) is 39.2 Å². The lowest BCUT2D eigenvalue weighted by Crippen LogP contribution is -2.30. The Kier molecular flexibility index (Phi) is 4.88. The molecule has 0 aromatic carbocycles. The predicted octanol–water partition coefficient (Wildman–Crippen LogP) is 3.24. The van der Waals surface area contributed by atoms with Gasteiger partial charge in [0.05, 0.1) is 11.4 Å². The number of likely N-dealkylation sites (tertiary alicyclic amines) is 1. The maximum atomic E-state index is 4.56. The second-order valence-corrected chi connectivity index (χ2v) is 6.44. The molecule has 0 spiro atoms. The second-order valence-electron chi connectivity index (χ2n) is 6.44. The van der Waals surface area contributed by atoms with E-state index in [4.69, 9.17) is 0 Å². The van der Waals surface area contributed by atoms with Crippen molar-refractivity contribution in [1.29, 1.82) is 0 Å². The number of rotatable bonds is 5. The average Bonchev–Trinajstić information content (AvgIpc) is 2.99. The summed E-state index contributed by atoms with van der Waals surface area (Å²) in [6.45, 7) is 5.58. The molecule has 1 aliphatic heterocycles. The molecule has 3 rings (SSSR count). The highest BCUT2D eigenvalue weighted by Crippen LogP contribution is 2.23. The van der Waals surface area contributed by atoms with Gasteiger partial charge in [0, 0.05) is 18.9 Å². The molecule has 0 unspecified atom stereocenters. The SMILES string of the molecule is CCCn1nccc1-c1cc(CC2CCN(C)CC2)ccn1. The summed E-state index contributed by atoms with van der Waals surface area (Å²) in [6, 6.07) is 6.49. The maximum absolute atomic E-state index is 4.56. The largest absolute Gasteiger partial charge is 0.306 e. The molecular weight excluding hydrogens is 272 g/mol. The molecule has 1 fully saturated rings. The third-order valence-electron chi connectivity index (χ3n) is 4.60. The summed E-state index contributed by atoms with van der Waals surface area (Å²) in [4.78, 5) is 6.99. The first-order valence-electron chi connectivity index (χ1n) is 8.42. The van der Waals surface area contributed by atoms with E-state index in [-0.39, 0.29) is 0 Å². The van der Waals surface area contributed by atoms with Gasteiger partial charge in [0.1, 0.15) is 0 Å². The van der Waals surface area contributed by atoms with Crippen molar-refractivity contribution in [2.24, 2.45) is 5.92 Å². The number of aryl methyl sites for hydroxylation is 1. The molecule has 0 amide bonds. The van der Waals surface area contributed by atoms with Crippen molar-refractivity contribution in [3.8, 4) is 11.4 Å². The van der Waals surface area contributed by atoms with Crippen molar-refractivity contribution >= 4 is 0 Å². The number of hydrogen-bond donors (Lipinski definition) is 0. The van der Waals surface area contributed by atoms with Gasteiger partial charge in [-0.2, -0.15) is 5.10 Å². The molecule has 0 saturated carbocycles. The van der Waals surface area contributed by atoms with E-state index < -0.39 is 0 Å². The van der Waals surface area contributed by atoms with Gasteiger partial charge in [0.2, 0.25) is 0 Å². The molecule has 0 radical (unpaired) electrons. The Hall–Kier alpha value is -1.68. The molecule has 22 heavy (non-hydrogen) atoms. The van der Waals surface area contributed by atoms with Gasteiger partial charge in [0.25, 0.3) is 0 Å². The number of hydrogen-bond acceptors (Lipinski definition) is 3. The van der Waals surface area contributed by atoms with Crippen molar-refractivity contribution in [2.75, 3.05) is 20.1 Å². The van der Waals surface area contributed by atoms with Gasteiger partial charge < -0.3 is 4.90 Å². The maximum Gasteiger partial charge on any atom is 0.0885 e. The molecule has 4 nitrogen and oxygen atoms in total. The monoisotopic (exact) mass is 298 g/mol. The van der Waals surface area contributed by atoms with Crippen LogP contribution < -0.4 is 0 Å². The van der Waals surface area contributed by atoms with Crippen LogP contribution in [-0.4, -0.2) is 39.8 Å². The van der Waals surface area contributed by atoms with Crippen LogP contribution in [0.2, 0.25) is 0 Å². The zero-order valence-electron chi connectivity index (χ0n) is 13.7. The molecule has 0 N–H and O–H groups in total. The molecule has 0 aliphatic carbocycles. The van der Waals surface area contributed by atoms with Gasteiger partial charge in [0.15, 0.2) is 0 Å². The Balaban J connectivity index is 1.73. The molecule has 0 atom stereocenters. The molecule has 0 bridgehead atoms. The molecule has 1 saturated heterocycles. The van der Waals surface area contributed by atoms with Crippen LogP contribution in [0.1, 0.15) is 31.7 Å². The van der Waals surface area contributed by atoms with Crippen molar-refractivity contribution in [3.63, 3.8) is 0 Å². The summed E-state index contributed by atoms with van der Waals surface area (Å²) in [6.07, 6.45) is 8.69. The minimum Gasteiger partial charge on any atom is -0.306 e. The lowest BCUT2D eigenvalue weighted by molar-refractivity contribution is 0.219. The van der Waals surface area contributed by atoms with Crippen LogP contribution in [0.4, 0.5) is 0 Å². The normalized spacial score (nSPS) is 17.0. The second kappa shape index (κ2) is 7.05. The van der Waals surface area contributed by atoms with E-state index in [2.05, 4.69) is 51.8 Å². The minimum atomic E-state index is 0.812. The molecule has 3 heterocycles. The predicted molar refractivity (Wildman–Crippen MR) is 89.7 cm³/mol. The van der Waals surface area contributed by atoms with Gasteiger partial charge in [-0.25, -0.2) is 0 Å². The third kappa shape index (κ3) is 3.55. The summed E-state index contributed by atoms with van der Waals surface area (Å²) in [5.74, 6) is 0.812. The standard InChI is InChI=1S/C18H26N4/c1-3-10-22-18(5-9-20-22)17-14-16(4-8-19-17)13-15-6-11-21(2)12-7-15/h4-5,8-9,14-15H,3,6-7,10-13H2,1-2H3. The average molecular weight is 298 g/mol. The summed E-state index contributed by atoms with van der Waals surface area (Å²) in [5, 5.41) is 4.41. The summed E-state index contributed by atoms with van der Waals surface area (Å²) in [7, 11) is 2.22. The number of nitrogens with zero attached hydrogens (tertiary/aromatic N) is 4. The first kappa shape index (κ1) is 15.2. The van der Waals surface area contributed by atoms with Gasteiger partial charge >= 0.3 is 0 Å². The number of pyridine rings is 1. The molecule has 4 heteroatoms. The fourth-order valence-electron chi connectivity index (χ4n) is 3.28. The highest BCUT2D eigenvalue weighted by Gasteiger charge is 2.17. The van der Waals surface area contributed by atoms with Crippen LogP contribution in [0.15, 0.2) is 30.6 Å². The van der Waals surface area contributed by atoms with E-state index in [1.165, 1.54) is 37.9 Å². The summed E-state index contributed by atoms with van der Waals surface area (Å²) in [5.41, 5.74) is 3.59. The van der Waals surface area contributed by atoms with Crippen LogP contribution in [0, 0.1) is 5.92 Å². The van der Waals surface area contributed by atoms with E-state index in [9.17, 15) is 0 Å². The highest BCUT2D eigenvalue weighted by molar-refractivity contribution is 5.55. The number of piperidine rings is 1. The highest BCUT2D eigenvalue weighted by atomic mass is 15.3. The zero-order valence-corrected chi connectivity index (χ0v) is 13.7. The summed E-state index contributed by atoms with van der Waals surface area (Å²) >= 11 is 0. The van der Waals surface area contributed by atoms with Crippen molar-refractivity contribution in [3.05, 3.63) is 36.2 Å². The molecule has 118 valence electrons. The Bertz CT molecular complexity index is 597. The lowest BCUT2D eigenvalue weighted by Gasteiger charge is -2.29. The zero-order chi connectivity index (χ0) is 15.4. The van der Waals surface area contributed by atoms with Crippen molar-refractivity contribution < 1.29 is 0 Å². The Morgan fingerprint density at radius 3 is 2.77 bits per heavy atom. The fourth-order valence-corrected chi connectivity index (χ4v) is 3.28. The lowest BCUT2D eigenvalue weighted by atomic mass is 9.90. The van der Waals surface area contributed by atoms with Gasteiger partial charge in [-0.1, -0.05) is 6.92 Å². The quantitative estimate of drug-likeness (QED) is 0.850. The van der Waals surface area contributed by atoms with Gasteiger partial charge in [-0.3, -0.25) is 9.67 Å². The first-order valence-corrected chi connectivity index (χ1v) is 8.42. The van der Waals surface area contributed by atoms with Crippen LogP contribution in [0.25, 0.3) is 11.4 Å². The van der Waals surface area contributed by atoms with Gasteiger partial charge in [-0.05, 0) is 75.5 Å². The topological polar surface area (TPSA) is 34.0 Å². The molecule has 2 aromatic rings. The number of aromatic nitrogens is 3. The van der Waals surface area contributed by atoms with E-state index in [0.29, 0.717) is 0 Å². The van der Waals surface area contributed by atoms with Crippen molar-refractivity contribution in [1.82, 2.24) is 19.7 Å². The van der Waals surface area contributed by atoms with Gasteiger partial charge in [-0.15, -0.1) is 0 Å². The Labute approximate surface area is 133 Å². The Morgan fingerprint density at radius 1 is 1.18 bits per heavy atom. The molecule has 1 aliphatic rings. The minimum absolute atomic E-state index is 0.812. The van der Waals surface area contributed by atoms with Crippen LogP contribution >= 0.6 is 0 Å². The summed E-state index contributed by atoms with van der Waals surface area (Å²) < 4.78 is 2.06. The van der Waals surface area contributed by atoms with E-state index in [1.54, 1.807) is 0 Å². The first-order chi connectivity index (χ1) is 10.8. The van der Waals surface area contributed by atoms with Crippen LogP contribution in [-0.2, 0) is 13.0 Å².